The Balaban J connectivity index is 1.52. The van der Waals surface area contributed by atoms with E-state index in [9.17, 15) is 9.59 Å². The summed E-state index contributed by atoms with van der Waals surface area (Å²) in [4.78, 5) is 27.5. The summed E-state index contributed by atoms with van der Waals surface area (Å²) in [7, 11) is 3.17. The van der Waals surface area contributed by atoms with Crippen LogP contribution in [0.1, 0.15) is 37.9 Å². The van der Waals surface area contributed by atoms with Crippen LogP contribution >= 0.6 is 0 Å². The summed E-state index contributed by atoms with van der Waals surface area (Å²) >= 11 is 0. The van der Waals surface area contributed by atoms with Gasteiger partial charge < -0.3 is 24.5 Å². The highest BCUT2D eigenvalue weighted by molar-refractivity contribution is 5.76. The number of rotatable bonds is 12. The molecule has 9 nitrogen and oxygen atoms in total. The first-order valence-corrected chi connectivity index (χ1v) is 11.6. The molecule has 2 N–H and O–H groups in total. The lowest BCUT2D eigenvalue weighted by Gasteiger charge is -2.13. The summed E-state index contributed by atoms with van der Waals surface area (Å²) in [6.07, 6.45) is 1.95. The lowest BCUT2D eigenvalue weighted by molar-refractivity contribution is -0.121. The normalized spacial score (nSPS) is 11.5. The maximum atomic E-state index is 12.5. The van der Waals surface area contributed by atoms with E-state index in [-0.39, 0.29) is 36.1 Å². The molecule has 1 heterocycles. The largest absolute Gasteiger partial charge is 0.493 e. The van der Waals surface area contributed by atoms with Crippen molar-refractivity contribution in [2.45, 2.75) is 45.6 Å². The highest BCUT2D eigenvalue weighted by Crippen LogP contribution is 2.27. The molecule has 1 aromatic heterocycles. The first kappa shape index (κ1) is 25.7. The van der Waals surface area contributed by atoms with Crippen LogP contribution in [-0.4, -0.2) is 48.0 Å². The Kier molecular flexibility index (Phi) is 9.23. The van der Waals surface area contributed by atoms with Crippen molar-refractivity contribution < 1.29 is 19.0 Å². The number of aryl methyl sites for hydroxylation is 1. The molecule has 1 atom stereocenters. The molecule has 3 aromatic rings. The van der Waals surface area contributed by atoms with E-state index in [0.717, 1.165) is 12.0 Å². The lowest BCUT2D eigenvalue weighted by atomic mass is 10.1. The molecular formula is C26H32N4O5. The number of benzene rings is 2. The Morgan fingerprint density at radius 3 is 2.57 bits per heavy atom. The topological polar surface area (TPSA) is 115 Å². The molecule has 0 aliphatic carbocycles. The quantitative estimate of drug-likeness (QED) is 0.409. The molecule has 0 saturated carbocycles. The van der Waals surface area contributed by atoms with E-state index in [2.05, 4.69) is 27.4 Å². The van der Waals surface area contributed by atoms with Crippen molar-refractivity contribution in [1.82, 2.24) is 20.5 Å². The van der Waals surface area contributed by atoms with E-state index in [1.165, 1.54) is 0 Å². The highest BCUT2D eigenvalue weighted by Gasteiger charge is 2.11. The van der Waals surface area contributed by atoms with Crippen molar-refractivity contribution in [2.24, 2.45) is 0 Å². The second kappa shape index (κ2) is 12.5. The molecule has 1 amide bonds. The second-order valence-electron chi connectivity index (χ2n) is 8.10. The number of aromatic amines is 1. The summed E-state index contributed by atoms with van der Waals surface area (Å²) in [5.74, 6) is 2.20. The molecule has 0 aliphatic rings. The molecule has 9 heteroatoms. The van der Waals surface area contributed by atoms with Gasteiger partial charge in [0.2, 0.25) is 5.91 Å². The predicted octanol–water partition coefficient (Wildman–Crippen LogP) is 3.32. The number of H-pyrrole nitrogens is 1. The summed E-state index contributed by atoms with van der Waals surface area (Å²) in [6.45, 7) is 4.51. The van der Waals surface area contributed by atoms with Crippen LogP contribution < -0.4 is 25.1 Å². The van der Waals surface area contributed by atoms with Crippen LogP contribution in [0, 0.1) is 0 Å². The molecule has 2 aromatic carbocycles. The van der Waals surface area contributed by atoms with Crippen molar-refractivity contribution in [3.8, 4) is 28.6 Å². The van der Waals surface area contributed by atoms with E-state index >= 15 is 0 Å². The molecule has 0 bridgehead atoms. The SMILES string of the molecule is CCC(C)Oc1cccc(-c2nnc(CCC(=O)NCCc3ccc(OC)c(OC)c3)c(=O)[nH]2)c1. The number of hydrogen-bond donors (Lipinski definition) is 2. The maximum absolute atomic E-state index is 12.5. The zero-order chi connectivity index (χ0) is 25.2. The average molecular weight is 481 g/mol. The lowest BCUT2D eigenvalue weighted by Crippen LogP contribution is -2.27. The van der Waals surface area contributed by atoms with Crippen LogP contribution in [0.15, 0.2) is 47.3 Å². The number of carbonyl (C=O) groups excluding carboxylic acids is 1. The number of nitrogens with one attached hydrogen (secondary N) is 2. The number of amides is 1. The minimum atomic E-state index is -0.360. The Labute approximate surface area is 204 Å². The Morgan fingerprint density at radius 1 is 1.06 bits per heavy atom. The fraction of sp³-hybridized carbons (Fsp3) is 0.385. The van der Waals surface area contributed by atoms with Crippen molar-refractivity contribution in [3.05, 3.63) is 64.1 Å². The molecule has 1 unspecified atom stereocenters. The van der Waals surface area contributed by atoms with Crippen LogP contribution in [0.4, 0.5) is 0 Å². The first-order valence-electron chi connectivity index (χ1n) is 11.6. The Morgan fingerprint density at radius 2 is 1.86 bits per heavy atom. The molecule has 0 spiro atoms. The summed E-state index contributed by atoms with van der Waals surface area (Å²) in [5.41, 5.74) is 1.58. The standard InChI is InChI=1S/C26H32N4O5/c1-5-17(2)35-20-8-6-7-19(16-20)25-28-26(32)21(29-30-25)10-12-24(31)27-14-13-18-9-11-22(33-3)23(15-18)34-4/h6-9,11,15-17H,5,10,12-14H2,1-4H3,(H,27,31)(H,28,30,32). The van der Waals surface area contributed by atoms with Gasteiger partial charge in [-0.2, -0.15) is 0 Å². The maximum Gasteiger partial charge on any atom is 0.273 e. The number of nitrogens with zero attached hydrogens (tertiary/aromatic N) is 2. The summed E-state index contributed by atoms with van der Waals surface area (Å²) in [5, 5.41) is 11.1. The molecule has 0 saturated heterocycles. The second-order valence-corrected chi connectivity index (χ2v) is 8.10. The third-order valence-corrected chi connectivity index (χ3v) is 5.56. The van der Waals surface area contributed by atoms with Gasteiger partial charge in [0.1, 0.15) is 11.4 Å². The van der Waals surface area contributed by atoms with Crippen molar-refractivity contribution in [3.63, 3.8) is 0 Å². The van der Waals surface area contributed by atoms with E-state index in [1.54, 1.807) is 14.2 Å². The van der Waals surface area contributed by atoms with Gasteiger partial charge in [0.05, 0.1) is 20.3 Å². The molecule has 0 radical (unpaired) electrons. The zero-order valence-corrected chi connectivity index (χ0v) is 20.6. The molecule has 3 rings (SSSR count). The van der Waals surface area contributed by atoms with Gasteiger partial charge in [-0.05, 0) is 49.6 Å². The van der Waals surface area contributed by atoms with E-state index in [0.29, 0.717) is 41.6 Å². The number of aromatic nitrogens is 3. The number of hydrogen-bond acceptors (Lipinski definition) is 7. The van der Waals surface area contributed by atoms with Gasteiger partial charge >= 0.3 is 0 Å². The molecular weight excluding hydrogens is 448 g/mol. The Hall–Kier alpha value is -3.88. The molecule has 186 valence electrons. The monoisotopic (exact) mass is 480 g/mol. The van der Waals surface area contributed by atoms with Crippen molar-refractivity contribution in [1.29, 1.82) is 0 Å². The van der Waals surface area contributed by atoms with E-state index in [4.69, 9.17) is 14.2 Å². The van der Waals surface area contributed by atoms with Gasteiger partial charge in [0.25, 0.3) is 5.56 Å². The van der Waals surface area contributed by atoms with Crippen LogP contribution in [-0.2, 0) is 17.6 Å². The molecule has 0 fully saturated rings. The number of carbonyl (C=O) groups is 1. The molecule has 0 aliphatic heterocycles. The fourth-order valence-corrected chi connectivity index (χ4v) is 3.39. The van der Waals surface area contributed by atoms with Crippen molar-refractivity contribution >= 4 is 5.91 Å². The average Bonchev–Trinajstić information content (AvgIpc) is 2.87. The molecule has 35 heavy (non-hydrogen) atoms. The highest BCUT2D eigenvalue weighted by atomic mass is 16.5. The Bertz CT molecular complexity index is 1190. The van der Waals surface area contributed by atoms with Crippen LogP contribution in [0.25, 0.3) is 11.4 Å². The first-order chi connectivity index (χ1) is 16.9. The number of methoxy groups -OCH3 is 2. The van der Waals surface area contributed by atoms with Gasteiger partial charge in [0.15, 0.2) is 17.3 Å². The van der Waals surface area contributed by atoms with Crippen LogP contribution in [0.5, 0.6) is 17.2 Å². The smallest absolute Gasteiger partial charge is 0.273 e. The summed E-state index contributed by atoms with van der Waals surface area (Å²) < 4.78 is 16.4. The van der Waals surface area contributed by atoms with E-state index in [1.807, 2.05) is 49.4 Å². The third kappa shape index (κ3) is 7.30. The zero-order valence-electron chi connectivity index (χ0n) is 20.6. The summed E-state index contributed by atoms with van der Waals surface area (Å²) in [6, 6.07) is 13.0. The van der Waals surface area contributed by atoms with Crippen LogP contribution in [0.3, 0.4) is 0 Å². The van der Waals surface area contributed by atoms with Gasteiger partial charge in [-0.15, -0.1) is 10.2 Å². The van der Waals surface area contributed by atoms with Gasteiger partial charge in [0, 0.05) is 24.9 Å². The number of ether oxygens (including phenoxy) is 3. The minimum absolute atomic E-state index is 0.0861. The van der Waals surface area contributed by atoms with Crippen LogP contribution in [0.2, 0.25) is 0 Å². The van der Waals surface area contributed by atoms with E-state index < -0.39 is 0 Å². The van der Waals surface area contributed by atoms with Gasteiger partial charge in [-0.3, -0.25) is 9.59 Å². The van der Waals surface area contributed by atoms with Crippen molar-refractivity contribution in [2.75, 3.05) is 20.8 Å². The van der Waals surface area contributed by atoms with Gasteiger partial charge in [-0.1, -0.05) is 25.1 Å². The predicted molar refractivity (Wildman–Crippen MR) is 133 cm³/mol. The minimum Gasteiger partial charge on any atom is -0.493 e. The van der Waals surface area contributed by atoms with Gasteiger partial charge in [-0.25, -0.2) is 0 Å². The third-order valence-electron chi connectivity index (χ3n) is 5.56. The fourth-order valence-electron chi connectivity index (χ4n) is 3.39.